The van der Waals surface area contributed by atoms with E-state index in [1.807, 2.05) is 24.3 Å². The predicted molar refractivity (Wildman–Crippen MR) is 144 cm³/mol. The van der Waals surface area contributed by atoms with E-state index in [2.05, 4.69) is 22.2 Å². The number of nitrogens with one attached hydrogen (secondary N) is 2. The molecule has 3 atom stereocenters. The number of hydrogen-bond donors (Lipinski definition) is 2. The molecule has 0 radical (unpaired) electrons. The van der Waals surface area contributed by atoms with Crippen LogP contribution in [0, 0.1) is 0 Å². The van der Waals surface area contributed by atoms with Crippen molar-refractivity contribution in [2.24, 2.45) is 0 Å². The van der Waals surface area contributed by atoms with E-state index in [1.54, 1.807) is 33.7 Å². The Hall–Kier alpha value is -4.38. The van der Waals surface area contributed by atoms with Gasteiger partial charge in [0.1, 0.15) is 24.3 Å². The second kappa shape index (κ2) is 10.4. The van der Waals surface area contributed by atoms with Crippen molar-refractivity contribution in [3.63, 3.8) is 0 Å². The minimum absolute atomic E-state index is 0.0564. The minimum atomic E-state index is -0.446. The van der Waals surface area contributed by atoms with E-state index in [4.69, 9.17) is 14.2 Å². The minimum Gasteiger partial charge on any atom is -0.489 e. The summed E-state index contributed by atoms with van der Waals surface area (Å²) in [5, 5.41) is 7.19. The van der Waals surface area contributed by atoms with Crippen LogP contribution in [0.1, 0.15) is 19.3 Å². The molecule has 6 rings (SSSR count). The van der Waals surface area contributed by atoms with Crippen LogP contribution in [0.4, 0.5) is 16.4 Å². The van der Waals surface area contributed by atoms with Crippen molar-refractivity contribution in [1.29, 1.82) is 0 Å². The Kier molecular flexibility index (Phi) is 6.65. The number of aromatic nitrogens is 2. The van der Waals surface area contributed by atoms with Crippen LogP contribution in [0.3, 0.4) is 0 Å². The lowest BCUT2D eigenvalue weighted by Gasteiger charge is -2.33. The number of carbonyl (C=O) groups excluding carboxylic acids is 2. The molecular weight excluding hydrogens is 502 g/mol. The van der Waals surface area contributed by atoms with E-state index in [0.29, 0.717) is 49.3 Å². The number of hydrogen-bond acceptors (Lipinski definition) is 8. The molecule has 2 amide bonds. The van der Waals surface area contributed by atoms with Crippen LogP contribution in [0.15, 0.2) is 59.9 Å². The van der Waals surface area contributed by atoms with Crippen molar-refractivity contribution in [2.45, 2.75) is 44.0 Å². The molecule has 1 saturated carbocycles. The third kappa shape index (κ3) is 4.92. The zero-order valence-electron chi connectivity index (χ0n) is 21.3. The maximum Gasteiger partial charge on any atom is 0.416 e. The average Bonchev–Trinajstić information content (AvgIpc) is 3.27. The zero-order valence-corrected chi connectivity index (χ0v) is 21.3. The highest BCUT2D eigenvalue weighted by Gasteiger charge is 2.46. The van der Waals surface area contributed by atoms with Gasteiger partial charge in [-0.2, -0.15) is 0 Å². The molecule has 2 fully saturated rings. The first-order valence-corrected chi connectivity index (χ1v) is 13.0. The molecule has 2 aliphatic heterocycles. The summed E-state index contributed by atoms with van der Waals surface area (Å²) in [4.78, 5) is 43.2. The summed E-state index contributed by atoms with van der Waals surface area (Å²) >= 11 is 0. The maximum atomic E-state index is 12.8. The van der Waals surface area contributed by atoms with Crippen molar-refractivity contribution in [3.8, 4) is 11.5 Å². The van der Waals surface area contributed by atoms with E-state index < -0.39 is 6.09 Å². The lowest BCUT2D eigenvalue weighted by molar-refractivity contribution is -0.118. The summed E-state index contributed by atoms with van der Waals surface area (Å²) in [5.74, 6) is 1.60. The zero-order chi connectivity index (χ0) is 26.9. The number of benzene rings is 1. The molecule has 2 N–H and O–H groups in total. The molecule has 1 saturated heterocycles. The van der Waals surface area contributed by atoms with Gasteiger partial charge in [0, 0.05) is 37.7 Å². The van der Waals surface area contributed by atoms with Gasteiger partial charge in [0.2, 0.25) is 0 Å². The van der Waals surface area contributed by atoms with Gasteiger partial charge in [-0.05, 0) is 48.6 Å². The fourth-order valence-electron chi connectivity index (χ4n) is 5.52. The number of nitrogens with zero attached hydrogens (tertiary/aromatic N) is 3. The molecule has 11 nitrogen and oxygen atoms in total. The van der Waals surface area contributed by atoms with Crippen LogP contribution in [-0.4, -0.2) is 59.5 Å². The first kappa shape index (κ1) is 24.9. The number of amides is 2. The Bertz CT molecular complexity index is 1500. The summed E-state index contributed by atoms with van der Waals surface area (Å²) in [6, 6.07) is 12.5. The Balaban J connectivity index is 1.10. The second-order valence-electron chi connectivity index (χ2n) is 9.82. The van der Waals surface area contributed by atoms with Gasteiger partial charge in [-0.3, -0.25) is 14.5 Å². The number of carbonyl (C=O) groups is 2. The lowest BCUT2D eigenvalue weighted by Crippen LogP contribution is -2.46. The highest BCUT2D eigenvalue weighted by atomic mass is 16.6. The summed E-state index contributed by atoms with van der Waals surface area (Å²) in [6.45, 7) is 5.09. The van der Waals surface area contributed by atoms with E-state index >= 15 is 0 Å². The third-order valence-corrected chi connectivity index (χ3v) is 7.34. The number of rotatable bonds is 8. The van der Waals surface area contributed by atoms with Gasteiger partial charge in [0.25, 0.3) is 11.5 Å². The molecule has 11 heteroatoms. The van der Waals surface area contributed by atoms with Crippen LogP contribution in [-0.2, 0) is 16.1 Å². The molecule has 4 heterocycles. The first-order chi connectivity index (χ1) is 19.0. The quantitative estimate of drug-likeness (QED) is 0.426. The molecule has 39 heavy (non-hydrogen) atoms. The fourth-order valence-corrected chi connectivity index (χ4v) is 5.52. The van der Waals surface area contributed by atoms with Crippen LogP contribution in [0.2, 0.25) is 0 Å². The normalized spacial score (nSPS) is 21.9. The summed E-state index contributed by atoms with van der Waals surface area (Å²) in [5.41, 5.74) is 0.738. The van der Waals surface area contributed by atoms with Crippen molar-refractivity contribution in [1.82, 2.24) is 14.9 Å². The number of anilines is 2. The molecule has 1 aliphatic carbocycles. The predicted octanol–water partition coefficient (Wildman–Crippen LogP) is 2.83. The number of pyridine rings is 2. The van der Waals surface area contributed by atoms with Crippen LogP contribution >= 0.6 is 0 Å². The van der Waals surface area contributed by atoms with E-state index in [9.17, 15) is 14.4 Å². The Morgan fingerprint density at radius 2 is 2.03 bits per heavy atom. The van der Waals surface area contributed by atoms with Crippen molar-refractivity contribution in [3.05, 3.63) is 65.5 Å². The highest BCUT2D eigenvalue weighted by Crippen LogP contribution is 2.37. The molecule has 0 spiro atoms. The van der Waals surface area contributed by atoms with E-state index in [0.717, 1.165) is 23.7 Å². The third-order valence-electron chi connectivity index (χ3n) is 7.34. The van der Waals surface area contributed by atoms with Gasteiger partial charge in [0.05, 0.1) is 11.6 Å². The number of ether oxygens (including phenoxy) is 3. The molecule has 0 bridgehead atoms. The molecule has 3 aromatic rings. The maximum absolute atomic E-state index is 12.8. The van der Waals surface area contributed by atoms with Gasteiger partial charge in [-0.1, -0.05) is 12.7 Å². The van der Waals surface area contributed by atoms with Crippen LogP contribution in [0.5, 0.6) is 11.5 Å². The average molecular weight is 532 g/mol. The summed E-state index contributed by atoms with van der Waals surface area (Å²) in [7, 11) is 0. The molecular formula is C28H29N5O6. The molecule has 202 valence electrons. The second-order valence-corrected chi connectivity index (χ2v) is 9.82. The standard InChI is InChI=1S/C28H29N5O6/c1-2-13-37-19-6-3-17-4-10-26(35)32(21(17)15-19)12-11-29-18-5-7-20-23(14-18)39-28(36)33(20)24-9-8-22-27(30-24)31-25(34)16-38-22/h2-4,6,8-10,15,18,20,23,29H,1,5,7,11-14,16H2,(H,30,31,34)/t18-,20-,23-/m0/s1. The smallest absolute Gasteiger partial charge is 0.416 e. The molecule has 3 aliphatic rings. The topological polar surface area (TPSA) is 124 Å². The summed E-state index contributed by atoms with van der Waals surface area (Å²) < 4.78 is 18.5. The van der Waals surface area contributed by atoms with Gasteiger partial charge in [-0.15, -0.1) is 0 Å². The monoisotopic (exact) mass is 531 g/mol. The van der Waals surface area contributed by atoms with Crippen LogP contribution < -0.4 is 30.6 Å². The van der Waals surface area contributed by atoms with Gasteiger partial charge < -0.3 is 29.4 Å². The lowest BCUT2D eigenvalue weighted by atomic mass is 9.88. The van der Waals surface area contributed by atoms with E-state index in [1.165, 1.54) is 0 Å². The van der Waals surface area contributed by atoms with E-state index in [-0.39, 0.29) is 36.3 Å². The highest BCUT2D eigenvalue weighted by molar-refractivity contribution is 5.95. The first-order valence-electron chi connectivity index (χ1n) is 13.0. The van der Waals surface area contributed by atoms with Crippen molar-refractivity contribution >= 4 is 34.5 Å². The number of fused-ring (bicyclic) bond motifs is 3. The SMILES string of the molecule is C=CCOc1ccc2ccc(=O)n(CCN[C@H]3CC[C@H]4[C@H](C3)OC(=O)N4c3ccc4c(n3)NC(=O)CO4)c2c1. The Morgan fingerprint density at radius 3 is 2.90 bits per heavy atom. The van der Waals surface area contributed by atoms with Crippen LogP contribution in [0.25, 0.3) is 10.9 Å². The van der Waals surface area contributed by atoms with Gasteiger partial charge in [0.15, 0.2) is 18.2 Å². The Labute approximate surface area is 224 Å². The van der Waals surface area contributed by atoms with Gasteiger partial charge in [-0.25, -0.2) is 9.78 Å². The Morgan fingerprint density at radius 1 is 1.15 bits per heavy atom. The van der Waals surface area contributed by atoms with Crippen molar-refractivity contribution < 1.29 is 23.8 Å². The fraction of sp³-hybridized carbons (Fsp3) is 0.357. The molecule has 2 aromatic heterocycles. The van der Waals surface area contributed by atoms with Crippen molar-refractivity contribution in [2.75, 3.05) is 30.0 Å². The molecule has 1 aromatic carbocycles. The molecule has 0 unspecified atom stereocenters. The summed E-state index contributed by atoms with van der Waals surface area (Å²) in [6.07, 6.45) is 3.17. The van der Waals surface area contributed by atoms with Gasteiger partial charge >= 0.3 is 6.09 Å². The largest absolute Gasteiger partial charge is 0.489 e.